The zero-order chi connectivity index (χ0) is 34.3. The van der Waals surface area contributed by atoms with Gasteiger partial charge in [0.15, 0.2) is 0 Å². The summed E-state index contributed by atoms with van der Waals surface area (Å²) >= 11 is 2.15. The molecule has 1 saturated heterocycles. The molecule has 0 radical (unpaired) electrons. The monoisotopic (exact) mass is 685 g/mol. The molecular formula is C36H35N3O7S2. The Hall–Kier alpha value is -4.68. The van der Waals surface area contributed by atoms with Crippen LogP contribution in [0.4, 0.5) is 11.4 Å². The van der Waals surface area contributed by atoms with E-state index in [-0.39, 0.29) is 29.3 Å². The zero-order valence-electron chi connectivity index (χ0n) is 27.1. The molecule has 12 heteroatoms. The average molecular weight is 686 g/mol. The summed E-state index contributed by atoms with van der Waals surface area (Å²) < 4.78 is 11.7. The predicted molar refractivity (Wildman–Crippen MR) is 185 cm³/mol. The number of ether oxygens (including phenoxy) is 2. The molecule has 48 heavy (non-hydrogen) atoms. The molecule has 10 nitrogen and oxygen atoms in total. The molecule has 6 rings (SSSR count). The van der Waals surface area contributed by atoms with Crippen molar-refractivity contribution in [2.45, 2.75) is 55.8 Å². The maximum atomic E-state index is 14.3. The van der Waals surface area contributed by atoms with E-state index in [0.29, 0.717) is 32.6 Å². The number of hydrogen-bond donors (Lipinski definition) is 1. The van der Waals surface area contributed by atoms with Crippen LogP contribution in [0.1, 0.15) is 60.0 Å². The van der Waals surface area contributed by atoms with Gasteiger partial charge in [-0.25, -0.2) is 9.69 Å². The van der Waals surface area contributed by atoms with Crippen molar-refractivity contribution in [3.8, 4) is 5.75 Å². The Labute approximate surface area is 286 Å². The SMILES string of the molecule is CCOC(=O)c1ccc(N2C(=O)[C@@H]3[C@H](c4ccc(C(C)(C)C)cc4)c4sc(=O)n(CC(=O)Nc5ccc(OC)cc5)c4S[C@@H]3C2=O)cc1. The van der Waals surface area contributed by atoms with Crippen LogP contribution in [0.5, 0.6) is 5.75 Å². The second-order valence-corrected chi connectivity index (χ2v) is 14.7. The number of imide groups is 1. The first kappa shape index (κ1) is 33.2. The lowest BCUT2D eigenvalue weighted by atomic mass is 9.81. The molecule has 1 fully saturated rings. The summed E-state index contributed by atoms with van der Waals surface area (Å²) in [7, 11) is 1.55. The summed E-state index contributed by atoms with van der Waals surface area (Å²) in [6.07, 6.45) is 0. The summed E-state index contributed by atoms with van der Waals surface area (Å²) in [5.74, 6) is -2.46. The van der Waals surface area contributed by atoms with Crippen LogP contribution in [0.25, 0.3) is 0 Å². The minimum absolute atomic E-state index is 0.105. The van der Waals surface area contributed by atoms with Gasteiger partial charge in [-0.05, 0) is 72.0 Å². The topological polar surface area (TPSA) is 124 Å². The van der Waals surface area contributed by atoms with Crippen molar-refractivity contribution in [2.75, 3.05) is 23.9 Å². The molecule has 2 aliphatic heterocycles. The van der Waals surface area contributed by atoms with Gasteiger partial charge in [0.1, 0.15) is 17.5 Å². The summed E-state index contributed by atoms with van der Waals surface area (Å²) in [4.78, 5) is 68.7. The number of thioether (sulfide) groups is 1. The Morgan fingerprint density at radius 2 is 1.56 bits per heavy atom. The van der Waals surface area contributed by atoms with Crippen molar-refractivity contribution in [3.63, 3.8) is 0 Å². The maximum Gasteiger partial charge on any atom is 0.338 e. The Bertz CT molecular complexity index is 1940. The molecular weight excluding hydrogens is 651 g/mol. The number of hydrogen-bond acceptors (Lipinski definition) is 9. The lowest BCUT2D eigenvalue weighted by Crippen LogP contribution is -2.33. The number of benzene rings is 3. The fraction of sp³-hybridized carbons (Fsp3) is 0.306. The van der Waals surface area contributed by atoms with E-state index in [0.717, 1.165) is 34.2 Å². The number of fused-ring (bicyclic) bond motifs is 2. The van der Waals surface area contributed by atoms with Crippen LogP contribution < -0.4 is 19.8 Å². The van der Waals surface area contributed by atoms with E-state index in [1.54, 1.807) is 50.4 Å². The Balaban J connectivity index is 1.37. The van der Waals surface area contributed by atoms with Gasteiger partial charge in [0.05, 0.1) is 35.9 Å². The van der Waals surface area contributed by atoms with Gasteiger partial charge in [0.25, 0.3) is 0 Å². The summed E-state index contributed by atoms with van der Waals surface area (Å²) in [5.41, 5.74) is 2.99. The van der Waals surface area contributed by atoms with E-state index >= 15 is 0 Å². The van der Waals surface area contributed by atoms with Gasteiger partial charge in [0, 0.05) is 16.5 Å². The minimum atomic E-state index is -0.841. The fourth-order valence-corrected chi connectivity index (χ4v) is 8.81. The molecule has 0 saturated carbocycles. The third-order valence-electron chi connectivity index (χ3n) is 8.50. The Kier molecular flexibility index (Phi) is 9.06. The van der Waals surface area contributed by atoms with E-state index < -0.39 is 34.9 Å². The minimum Gasteiger partial charge on any atom is -0.497 e. The lowest BCUT2D eigenvalue weighted by Gasteiger charge is -2.31. The normalized spacial score (nSPS) is 18.7. The molecule has 1 N–H and O–H groups in total. The molecule has 0 bridgehead atoms. The number of methoxy groups -OCH3 is 1. The van der Waals surface area contributed by atoms with Gasteiger partial charge in [-0.1, -0.05) is 68.1 Å². The number of anilines is 2. The second-order valence-electron chi connectivity index (χ2n) is 12.6. The molecule has 0 aliphatic carbocycles. The second kappa shape index (κ2) is 13.1. The third-order valence-corrected chi connectivity index (χ3v) is 11.1. The van der Waals surface area contributed by atoms with Gasteiger partial charge in [-0.3, -0.25) is 23.7 Å². The molecule has 3 aromatic carbocycles. The van der Waals surface area contributed by atoms with Gasteiger partial charge >= 0.3 is 10.8 Å². The van der Waals surface area contributed by atoms with Gasteiger partial charge < -0.3 is 14.8 Å². The van der Waals surface area contributed by atoms with Crippen LogP contribution in [0.3, 0.4) is 0 Å². The van der Waals surface area contributed by atoms with Crippen molar-refractivity contribution in [3.05, 3.63) is 104 Å². The first-order chi connectivity index (χ1) is 22.9. The van der Waals surface area contributed by atoms with Crippen molar-refractivity contribution in [1.82, 2.24) is 4.57 Å². The number of nitrogens with zero attached hydrogens (tertiary/aromatic N) is 2. The Morgan fingerprint density at radius 1 is 0.896 bits per heavy atom. The first-order valence-electron chi connectivity index (χ1n) is 15.5. The highest BCUT2D eigenvalue weighted by molar-refractivity contribution is 8.00. The van der Waals surface area contributed by atoms with Crippen molar-refractivity contribution in [2.24, 2.45) is 5.92 Å². The van der Waals surface area contributed by atoms with Gasteiger partial charge in [-0.15, -0.1) is 0 Å². The highest BCUT2D eigenvalue weighted by Crippen LogP contribution is 2.54. The van der Waals surface area contributed by atoms with Crippen LogP contribution in [0.15, 0.2) is 82.6 Å². The summed E-state index contributed by atoms with van der Waals surface area (Å²) in [6.45, 7) is 8.01. The molecule has 0 unspecified atom stereocenters. The number of rotatable bonds is 8. The largest absolute Gasteiger partial charge is 0.497 e. The number of aromatic nitrogens is 1. The van der Waals surface area contributed by atoms with Crippen LogP contribution in [-0.2, 0) is 31.1 Å². The molecule has 0 spiro atoms. The van der Waals surface area contributed by atoms with Crippen LogP contribution in [-0.4, -0.2) is 47.2 Å². The smallest absolute Gasteiger partial charge is 0.338 e. The van der Waals surface area contributed by atoms with Crippen molar-refractivity contribution < 1.29 is 28.7 Å². The summed E-state index contributed by atoms with van der Waals surface area (Å²) in [5, 5.41) is 2.48. The highest BCUT2D eigenvalue weighted by Gasteiger charge is 2.56. The number of nitrogens with one attached hydrogen (secondary N) is 1. The highest BCUT2D eigenvalue weighted by atomic mass is 32.2. The molecule has 1 aromatic heterocycles. The molecule has 3 heterocycles. The molecule has 248 valence electrons. The number of esters is 1. The molecule has 3 amide bonds. The van der Waals surface area contributed by atoms with E-state index in [1.807, 2.05) is 24.3 Å². The zero-order valence-corrected chi connectivity index (χ0v) is 28.8. The quantitative estimate of drug-likeness (QED) is 0.182. The van der Waals surface area contributed by atoms with E-state index in [4.69, 9.17) is 9.47 Å². The Morgan fingerprint density at radius 3 is 2.17 bits per heavy atom. The van der Waals surface area contributed by atoms with Crippen LogP contribution in [0, 0.1) is 5.92 Å². The number of thiazole rings is 1. The molecule has 4 aromatic rings. The van der Waals surface area contributed by atoms with Crippen LogP contribution >= 0.6 is 23.1 Å². The average Bonchev–Trinajstić information content (AvgIpc) is 3.51. The van der Waals surface area contributed by atoms with E-state index in [9.17, 15) is 24.0 Å². The number of carbonyl (C=O) groups is 4. The third kappa shape index (κ3) is 6.17. The van der Waals surface area contributed by atoms with Crippen molar-refractivity contribution in [1.29, 1.82) is 0 Å². The molecule has 2 aliphatic rings. The van der Waals surface area contributed by atoms with Gasteiger partial charge in [0.2, 0.25) is 17.7 Å². The summed E-state index contributed by atoms with van der Waals surface area (Å²) in [6, 6.07) is 21.0. The van der Waals surface area contributed by atoms with E-state index in [2.05, 4.69) is 26.1 Å². The standard InChI is InChI=1S/C36H35N3O7S2/c1-6-46-34(43)21-9-15-24(16-10-21)39-31(41)28-27(20-7-11-22(12-8-20)36(2,3)4)30-33(47-29(28)32(39)42)38(35(44)48-30)19-26(40)37-23-13-17-25(45-5)18-14-23/h7-18,27-29H,6,19H2,1-5H3,(H,37,40)/t27-,28+,29-/m0/s1. The lowest BCUT2D eigenvalue weighted by molar-refractivity contribution is -0.122. The fourth-order valence-electron chi connectivity index (χ4n) is 6.04. The van der Waals surface area contributed by atoms with Crippen LogP contribution in [0.2, 0.25) is 0 Å². The van der Waals surface area contributed by atoms with Gasteiger partial charge in [-0.2, -0.15) is 0 Å². The van der Waals surface area contributed by atoms with Crippen molar-refractivity contribution >= 4 is 58.2 Å². The first-order valence-corrected chi connectivity index (χ1v) is 17.2. The number of carbonyl (C=O) groups excluding carboxylic acids is 4. The van der Waals surface area contributed by atoms with E-state index in [1.165, 1.54) is 21.6 Å². The number of amides is 3. The molecule has 3 atom stereocenters. The maximum absolute atomic E-state index is 14.3. The predicted octanol–water partition coefficient (Wildman–Crippen LogP) is 5.83.